The van der Waals surface area contributed by atoms with Gasteiger partial charge in [-0.2, -0.15) is 0 Å². The Morgan fingerprint density at radius 3 is 2.00 bits per heavy atom. The molecule has 0 saturated heterocycles. The number of amides is 1. The van der Waals surface area contributed by atoms with Crippen molar-refractivity contribution in [2.24, 2.45) is 0 Å². The smallest absolute Gasteiger partial charge is 0.338 e. The molecule has 1 amide bonds. The first-order valence-corrected chi connectivity index (χ1v) is 9.47. The van der Waals surface area contributed by atoms with E-state index in [9.17, 15) is 9.59 Å². The first kappa shape index (κ1) is 20.1. The highest BCUT2D eigenvalue weighted by molar-refractivity contribution is 5.91. The zero-order valence-corrected chi connectivity index (χ0v) is 16.3. The lowest BCUT2D eigenvalue weighted by Gasteiger charge is -2.20. The van der Waals surface area contributed by atoms with Crippen LogP contribution in [0, 0.1) is 0 Å². The number of nitrogens with zero attached hydrogens (tertiary/aromatic N) is 1. The standard InChI is InChI=1S/C24H23NO4/c1-2-25(17-19-9-5-3-6-10-19)23(26)18-28-24(27)20-13-15-22(16-14-20)29-21-11-7-4-8-12-21/h3-16H,2,17-18H2,1H3. The summed E-state index contributed by atoms with van der Waals surface area (Å²) >= 11 is 0. The van der Waals surface area contributed by atoms with Crippen LogP contribution < -0.4 is 4.74 Å². The monoisotopic (exact) mass is 389 g/mol. The van der Waals surface area contributed by atoms with Crippen LogP contribution >= 0.6 is 0 Å². The summed E-state index contributed by atoms with van der Waals surface area (Å²) < 4.78 is 10.9. The lowest BCUT2D eigenvalue weighted by molar-refractivity contribution is -0.134. The molecule has 3 rings (SSSR count). The van der Waals surface area contributed by atoms with Crippen LogP contribution in [-0.4, -0.2) is 29.9 Å². The van der Waals surface area contributed by atoms with E-state index in [0.29, 0.717) is 30.2 Å². The maximum atomic E-state index is 12.4. The highest BCUT2D eigenvalue weighted by Crippen LogP contribution is 2.21. The molecule has 5 heteroatoms. The molecule has 3 aromatic rings. The Morgan fingerprint density at radius 2 is 1.38 bits per heavy atom. The van der Waals surface area contributed by atoms with Gasteiger partial charge in [0.05, 0.1) is 5.56 Å². The predicted octanol–water partition coefficient (Wildman–Crippen LogP) is 4.68. The number of carbonyl (C=O) groups is 2. The summed E-state index contributed by atoms with van der Waals surface area (Å²) in [7, 11) is 0. The van der Waals surface area contributed by atoms with E-state index in [0.717, 1.165) is 5.56 Å². The zero-order valence-electron chi connectivity index (χ0n) is 16.3. The minimum absolute atomic E-state index is 0.228. The van der Waals surface area contributed by atoms with Gasteiger partial charge in [0.2, 0.25) is 0 Å². The maximum Gasteiger partial charge on any atom is 0.338 e. The molecule has 3 aromatic carbocycles. The molecule has 0 saturated carbocycles. The van der Waals surface area contributed by atoms with Crippen molar-refractivity contribution in [3.05, 3.63) is 96.1 Å². The average Bonchev–Trinajstić information content (AvgIpc) is 2.77. The highest BCUT2D eigenvalue weighted by Gasteiger charge is 2.15. The number of hydrogen-bond donors (Lipinski definition) is 0. The first-order valence-electron chi connectivity index (χ1n) is 9.47. The molecule has 0 N–H and O–H groups in total. The number of hydrogen-bond acceptors (Lipinski definition) is 4. The van der Waals surface area contributed by atoms with Gasteiger partial charge in [-0.3, -0.25) is 4.79 Å². The van der Waals surface area contributed by atoms with Crippen LogP contribution in [0.5, 0.6) is 11.5 Å². The van der Waals surface area contributed by atoms with Gasteiger partial charge in [-0.05, 0) is 48.9 Å². The van der Waals surface area contributed by atoms with Crippen molar-refractivity contribution in [3.63, 3.8) is 0 Å². The van der Waals surface area contributed by atoms with Crippen LogP contribution in [0.15, 0.2) is 84.9 Å². The number of carbonyl (C=O) groups excluding carboxylic acids is 2. The van der Waals surface area contributed by atoms with Crippen LogP contribution in [0.25, 0.3) is 0 Å². The number of para-hydroxylation sites is 1. The Kier molecular flexibility index (Phi) is 7.00. The Labute approximate surface area is 170 Å². The van der Waals surface area contributed by atoms with Crippen LogP contribution in [0.4, 0.5) is 0 Å². The third-order valence-electron chi connectivity index (χ3n) is 4.35. The van der Waals surface area contributed by atoms with Crippen molar-refractivity contribution in [1.82, 2.24) is 4.90 Å². The van der Waals surface area contributed by atoms with Crippen LogP contribution in [0.2, 0.25) is 0 Å². The van der Waals surface area contributed by atoms with Gasteiger partial charge >= 0.3 is 5.97 Å². The predicted molar refractivity (Wildman–Crippen MR) is 111 cm³/mol. The molecular formula is C24H23NO4. The molecule has 0 radical (unpaired) electrons. The highest BCUT2D eigenvalue weighted by atomic mass is 16.5. The van der Waals surface area contributed by atoms with Gasteiger partial charge < -0.3 is 14.4 Å². The van der Waals surface area contributed by atoms with E-state index in [-0.39, 0.29) is 12.5 Å². The molecule has 0 bridgehead atoms. The molecule has 0 aliphatic carbocycles. The molecule has 0 aliphatic rings. The molecule has 0 heterocycles. The van der Waals surface area contributed by atoms with Gasteiger partial charge in [-0.25, -0.2) is 4.79 Å². The number of rotatable bonds is 8. The Balaban J connectivity index is 1.52. The third-order valence-corrected chi connectivity index (χ3v) is 4.35. The summed E-state index contributed by atoms with van der Waals surface area (Å²) in [6.45, 7) is 2.63. The molecule has 0 atom stereocenters. The summed E-state index contributed by atoms with van der Waals surface area (Å²) in [5.74, 6) is 0.560. The normalized spacial score (nSPS) is 10.2. The lowest BCUT2D eigenvalue weighted by Crippen LogP contribution is -2.34. The fourth-order valence-electron chi connectivity index (χ4n) is 2.77. The minimum Gasteiger partial charge on any atom is -0.457 e. The van der Waals surface area contributed by atoms with Crippen LogP contribution in [0.1, 0.15) is 22.8 Å². The first-order chi connectivity index (χ1) is 14.2. The fourth-order valence-corrected chi connectivity index (χ4v) is 2.77. The second-order valence-corrected chi connectivity index (χ2v) is 6.41. The molecule has 148 valence electrons. The number of likely N-dealkylation sites (N-methyl/N-ethyl adjacent to an activating group) is 1. The SMILES string of the molecule is CCN(Cc1ccccc1)C(=O)COC(=O)c1ccc(Oc2ccccc2)cc1. The van der Waals surface area contributed by atoms with E-state index < -0.39 is 5.97 Å². The number of benzene rings is 3. The van der Waals surface area contributed by atoms with E-state index in [2.05, 4.69) is 0 Å². The van der Waals surface area contributed by atoms with E-state index in [4.69, 9.17) is 9.47 Å². The van der Waals surface area contributed by atoms with Gasteiger partial charge in [0, 0.05) is 13.1 Å². The topological polar surface area (TPSA) is 55.8 Å². The fraction of sp³-hybridized carbons (Fsp3) is 0.167. The van der Waals surface area contributed by atoms with E-state index >= 15 is 0 Å². The van der Waals surface area contributed by atoms with Crippen molar-refractivity contribution in [2.45, 2.75) is 13.5 Å². The molecule has 0 spiro atoms. The molecule has 0 aliphatic heterocycles. The second-order valence-electron chi connectivity index (χ2n) is 6.41. The van der Waals surface area contributed by atoms with Gasteiger partial charge in [-0.15, -0.1) is 0 Å². The van der Waals surface area contributed by atoms with Gasteiger partial charge in [0.1, 0.15) is 11.5 Å². The zero-order chi connectivity index (χ0) is 20.5. The Hall–Kier alpha value is -3.60. The summed E-state index contributed by atoms with van der Waals surface area (Å²) in [4.78, 5) is 26.3. The number of ether oxygens (including phenoxy) is 2. The summed E-state index contributed by atoms with van der Waals surface area (Å²) in [5, 5.41) is 0. The summed E-state index contributed by atoms with van der Waals surface area (Å²) in [6.07, 6.45) is 0. The third kappa shape index (κ3) is 5.94. The van der Waals surface area contributed by atoms with Crippen LogP contribution in [-0.2, 0) is 16.1 Å². The Morgan fingerprint density at radius 1 is 0.793 bits per heavy atom. The molecular weight excluding hydrogens is 366 g/mol. The number of esters is 1. The lowest BCUT2D eigenvalue weighted by atomic mass is 10.2. The molecule has 0 unspecified atom stereocenters. The van der Waals surface area contributed by atoms with Crippen molar-refractivity contribution >= 4 is 11.9 Å². The summed E-state index contributed by atoms with van der Waals surface area (Å²) in [5.41, 5.74) is 1.40. The Bertz CT molecular complexity index is 924. The van der Waals surface area contributed by atoms with Crippen molar-refractivity contribution in [1.29, 1.82) is 0 Å². The van der Waals surface area contributed by atoms with Gasteiger partial charge in [-0.1, -0.05) is 48.5 Å². The van der Waals surface area contributed by atoms with Crippen molar-refractivity contribution < 1.29 is 19.1 Å². The van der Waals surface area contributed by atoms with Gasteiger partial charge in [0.15, 0.2) is 6.61 Å². The maximum absolute atomic E-state index is 12.4. The molecule has 5 nitrogen and oxygen atoms in total. The second kappa shape index (κ2) is 10.1. The summed E-state index contributed by atoms with van der Waals surface area (Å²) in [6, 6.07) is 25.7. The van der Waals surface area contributed by atoms with Crippen molar-refractivity contribution in [3.8, 4) is 11.5 Å². The van der Waals surface area contributed by atoms with E-state index in [1.807, 2.05) is 67.6 Å². The quantitative estimate of drug-likeness (QED) is 0.525. The van der Waals surface area contributed by atoms with Gasteiger partial charge in [0.25, 0.3) is 5.91 Å². The van der Waals surface area contributed by atoms with Crippen molar-refractivity contribution in [2.75, 3.05) is 13.2 Å². The molecule has 0 aromatic heterocycles. The van der Waals surface area contributed by atoms with E-state index in [1.54, 1.807) is 29.2 Å². The molecule has 0 fully saturated rings. The minimum atomic E-state index is -0.541. The molecule has 29 heavy (non-hydrogen) atoms. The largest absolute Gasteiger partial charge is 0.457 e. The van der Waals surface area contributed by atoms with E-state index in [1.165, 1.54) is 0 Å². The van der Waals surface area contributed by atoms with Crippen LogP contribution in [0.3, 0.4) is 0 Å². The average molecular weight is 389 g/mol.